The second kappa shape index (κ2) is 5.75. The van der Waals surface area contributed by atoms with E-state index in [0.717, 1.165) is 6.42 Å². The van der Waals surface area contributed by atoms with E-state index in [1.165, 1.54) is 0 Å². The first kappa shape index (κ1) is 11.1. The second-order valence-electron chi connectivity index (χ2n) is 3.22. The normalized spacial score (nSPS) is 12.7. The molecular weight excluding hydrogens is 154 g/mol. The quantitative estimate of drug-likeness (QED) is 0.609. The summed E-state index contributed by atoms with van der Waals surface area (Å²) in [6.07, 6.45) is 1.98. The predicted molar refractivity (Wildman–Crippen MR) is 47.7 cm³/mol. The maximum absolute atomic E-state index is 11.4. The number of carbonyl (C=O) groups excluding carboxylic acids is 2. The lowest BCUT2D eigenvalue weighted by atomic mass is 9.97. The number of nitrogens with one attached hydrogen (secondary N) is 1. The lowest BCUT2D eigenvalue weighted by molar-refractivity contribution is -0.124. The van der Waals surface area contributed by atoms with Gasteiger partial charge >= 0.3 is 0 Å². The minimum atomic E-state index is -0.303. The zero-order valence-corrected chi connectivity index (χ0v) is 7.96. The molecule has 1 N–H and O–H groups in total. The van der Waals surface area contributed by atoms with E-state index in [1.807, 2.05) is 20.8 Å². The first-order valence-corrected chi connectivity index (χ1v) is 4.35. The van der Waals surface area contributed by atoms with Crippen LogP contribution in [0.4, 0.5) is 0 Å². The molecular formula is C9H17NO2. The van der Waals surface area contributed by atoms with Gasteiger partial charge < -0.3 is 5.32 Å². The minimum absolute atomic E-state index is 0.125. The Morgan fingerprint density at radius 1 is 1.50 bits per heavy atom. The van der Waals surface area contributed by atoms with Gasteiger partial charge in [0.1, 0.15) is 0 Å². The van der Waals surface area contributed by atoms with E-state index in [1.54, 1.807) is 0 Å². The van der Waals surface area contributed by atoms with Gasteiger partial charge in [0.25, 0.3) is 0 Å². The molecule has 70 valence electrons. The van der Waals surface area contributed by atoms with E-state index in [-0.39, 0.29) is 17.7 Å². The van der Waals surface area contributed by atoms with Crippen LogP contribution < -0.4 is 5.32 Å². The average Bonchev–Trinajstić information content (AvgIpc) is 1.99. The molecule has 0 bridgehead atoms. The Morgan fingerprint density at radius 3 is 2.42 bits per heavy atom. The van der Waals surface area contributed by atoms with Crippen LogP contribution in [0.5, 0.6) is 0 Å². The maximum Gasteiger partial charge on any atom is 0.207 e. The Morgan fingerprint density at radius 2 is 2.08 bits per heavy atom. The Hall–Kier alpha value is -0.860. The first-order chi connectivity index (χ1) is 5.63. The summed E-state index contributed by atoms with van der Waals surface area (Å²) in [5.41, 5.74) is 0. The second-order valence-corrected chi connectivity index (χ2v) is 3.22. The molecule has 0 aromatic rings. The van der Waals surface area contributed by atoms with Crippen LogP contribution in [0.15, 0.2) is 0 Å². The van der Waals surface area contributed by atoms with E-state index in [4.69, 9.17) is 0 Å². The van der Waals surface area contributed by atoms with Gasteiger partial charge in [-0.2, -0.15) is 0 Å². The molecule has 3 heteroatoms. The zero-order valence-electron chi connectivity index (χ0n) is 7.96. The molecule has 3 nitrogen and oxygen atoms in total. The van der Waals surface area contributed by atoms with E-state index in [9.17, 15) is 9.59 Å². The molecule has 0 radical (unpaired) electrons. The van der Waals surface area contributed by atoms with Gasteiger partial charge in [-0.1, -0.05) is 20.8 Å². The zero-order chi connectivity index (χ0) is 9.56. The predicted octanol–water partition coefficient (Wildman–Crippen LogP) is 1.13. The number of carbonyl (C=O) groups is 2. The van der Waals surface area contributed by atoms with Crippen LogP contribution in [0, 0.1) is 5.92 Å². The van der Waals surface area contributed by atoms with Crippen LogP contribution in [0.2, 0.25) is 0 Å². The number of hydrogen-bond acceptors (Lipinski definition) is 2. The summed E-state index contributed by atoms with van der Waals surface area (Å²) in [6.45, 7) is 5.81. The fraction of sp³-hybridized carbons (Fsp3) is 0.778. The van der Waals surface area contributed by atoms with Crippen molar-refractivity contribution in [1.82, 2.24) is 5.32 Å². The molecule has 1 amide bonds. The van der Waals surface area contributed by atoms with Crippen molar-refractivity contribution in [2.24, 2.45) is 5.92 Å². The van der Waals surface area contributed by atoms with E-state index in [2.05, 4.69) is 5.32 Å². The van der Waals surface area contributed by atoms with Crippen LogP contribution >= 0.6 is 0 Å². The highest BCUT2D eigenvalue weighted by atomic mass is 16.1. The lowest BCUT2D eigenvalue weighted by Crippen LogP contribution is -2.40. The van der Waals surface area contributed by atoms with Crippen molar-refractivity contribution in [2.45, 2.75) is 39.7 Å². The summed E-state index contributed by atoms with van der Waals surface area (Å²) in [6, 6.07) is -0.303. The van der Waals surface area contributed by atoms with Crippen molar-refractivity contribution < 1.29 is 9.59 Å². The molecule has 0 heterocycles. The number of rotatable bonds is 6. The van der Waals surface area contributed by atoms with Crippen molar-refractivity contribution >= 4 is 12.2 Å². The van der Waals surface area contributed by atoms with Crippen LogP contribution in [0.3, 0.4) is 0 Å². The van der Waals surface area contributed by atoms with Crippen molar-refractivity contribution in [3.05, 3.63) is 0 Å². The summed E-state index contributed by atoms with van der Waals surface area (Å²) in [5.74, 6) is 0.300. The van der Waals surface area contributed by atoms with Crippen molar-refractivity contribution in [1.29, 1.82) is 0 Å². The first-order valence-electron chi connectivity index (χ1n) is 4.35. The van der Waals surface area contributed by atoms with Gasteiger partial charge in [0.15, 0.2) is 5.78 Å². The van der Waals surface area contributed by atoms with Gasteiger partial charge in [0, 0.05) is 6.42 Å². The van der Waals surface area contributed by atoms with E-state index >= 15 is 0 Å². The lowest BCUT2D eigenvalue weighted by Gasteiger charge is -2.17. The van der Waals surface area contributed by atoms with Crippen LogP contribution in [-0.2, 0) is 9.59 Å². The number of amides is 1. The summed E-state index contributed by atoms with van der Waals surface area (Å²) in [5, 5.41) is 2.54. The molecule has 1 atom stereocenters. The topological polar surface area (TPSA) is 46.2 Å². The average molecular weight is 171 g/mol. The van der Waals surface area contributed by atoms with Crippen molar-refractivity contribution in [3.8, 4) is 0 Å². The number of Topliss-reactive ketones (excluding diaryl/α,β-unsaturated/α-hetero) is 1. The Balaban J connectivity index is 4.08. The van der Waals surface area contributed by atoms with Gasteiger partial charge in [0.2, 0.25) is 6.41 Å². The highest BCUT2D eigenvalue weighted by molar-refractivity contribution is 5.85. The minimum Gasteiger partial charge on any atom is -0.349 e. The smallest absolute Gasteiger partial charge is 0.207 e. The van der Waals surface area contributed by atoms with E-state index in [0.29, 0.717) is 12.8 Å². The number of hydrogen-bond donors (Lipinski definition) is 1. The summed E-state index contributed by atoms with van der Waals surface area (Å²) in [4.78, 5) is 21.5. The molecule has 0 aliphatic heterocycles. The van der Waals surface area contributed by atoms with Crippen molar-refractivity contribution in [3.63, 3.8) is 0 Å². The highest BCUT2D eigenvalue weighted by Gasteiger charge is 2.19. The summed E-state index contributed by atoms with van der Waals surface area (Å²) >= 11 is 0. The molecule has 0 rings (SSSR count). The monoisotopic (exact) mass is 171 g/mol. The maximum atomic E-state index is 11.4. The molecule has 1 unspecified atom stereocenters. The highest BCUT2D eigenvalue weighted by Crippen LogP contribution is 2.05. The van der Waals surface area contributed by atoms with Crippen LogP contribution in [0.1, 0.15) is 33.6 Å². The van der Waals surface area contributed by atoms with Crippen LogP contribution in [-0.4, -0.2) is 18.2 Å². The Labute approximate surface area is 73.5 Å². The molecule has 0 saturated heterocycles. The summed E-state index contributed by atoms with van der Waals surface area (Å²) < 4.78 is 0. The fourth-order valence-corrected chi connectivity index (χ4v) is 1.13. The molecule has 0 aromatic heterocycles. The molecule has 0 saturated carbocycles. The SMILES string of the molecule is CCCC(=O)C(NC=O)C(C)C. The molecule has 0 fully saturated rings. The Kier molecular flexibility index (Phi) is 5.34. The standard InChI is InChI=1S/C9H17NO2/c1-4-5-8(12)9(7(2)3)10-6-11/h6-7,9H,4-5H2,1-3H3,(H,10,11). The van der Waals surface area contributed by atoms with Gasteiger partial charge in [-0.3, -0.25) is 9.59 Å². The van der Waals surface area contributed by atoms with Crippen LogP contribution in [0.25, 0.3) is 0 Å². The third-order valence-electron chi connectivity index (χ3n) is 1.76. The molecule has 12 heavy (non-hydrogen) atoms. The fourth-order valence-electron chi connectivity index (χ4n) is 1.13. The molecule has 0 aromatic carbocycles. The molecule has 0 aliphatic carbocycles. The largest absolute Gasteiger partial charge is 0.349 e. The molecule has 0 spiro atoms. The van der Waals surface area contributed by atoms with Gasteiger partial charge in [-0.25, -0.2) is 0 Å². The van der Waals surface area contributed by atoms with Crippen molar-refractivity contribution in [2.75, 3.05) is 0 Å². The van der Waals surface area contributed by atoms with Gasteiger partial charge in [-0.05, 0) is 12.3 Å². The van der Waals surface area contributed by atoms with Gasteiger partial charge in [0.05, 0.1) is 6.04 Å². The number of ketones is 1. The third kappa shape index (κ3) is 3.51. The Bertz CT molecular complexity index is 155. The summed E-state index contributed by atoms with van der Waals surface area (Å²) in [7, 11) is 0. The molecule has 0 aliphatic rings. The third-order valence-corrected chi connectivity index (χ3v) is 1.76. The van der Waals surface area contributed by atoms with Gasteiger partial charge in [-0.15, -0.1) is 0 Å². The van der Waals surface area contributed by atoms with E-state index < -0.39 is 0 Å².